The first-order valence-corrected chi connectivity index (χ1v) is 6.37. The molecule has 0 spiro atoms. The quantitative estimate of drug-likeness (QED) is 0.831. The van der Waals surface area contributed by atoms with E-state index < -0.39 is 5.67 Å². The minimum atomic E-state index is -1.25. The van der Waals surface area contributed by atoms with Crippen molar-refractivity contribution in [1.82, 2.24) is 0 Å². The Morgan fingerprint density at radius 3 is 2.12 bits per heavy atom. The summed E-state index contributed by atoms with van der Waals surface area (Å²) in [5.41, 5.74) is 9.05. The largest absolute Gasteiger partial charge is 0.328 e. The highest BCUT2D eigenvalue weighted by Crippen LogP contribution is 2.27. The lowest BCUT2D eigenvalue weighted by Gasteiger charge is -2.25. The molecule has 0 heterocycles. The Balaban J connectivity index is 3.01. The summed E-state index contributed by atoms with van der Waals surface area (Å²) in [6, 6.07) is 4.23. The van der Waals surface area contributed by atoms with Gasteiger partial charge in [0.25, 0.3) is 0 Å². The molecule has 0 radical (unpaired) electrons. The second kappa shape index (κ2) is 5.63. The number of hydrogen-bond donors (Lipinski definition) is 1. The fourth-order valence-corrected chi connectivity index (χ4v) is 2.52. The van der Waals surface area contributed by atoms with Crippen LogP contribution in [0, 0.1) is 20.8 Å². The number of halogens is 1. The van der Waals surface area contributed by atoms with Gasteiger partial charge < -0.3 is 5.73 Å². The lowest BCUT2D eigenvalue weighted by molar-refractivity contribution is 0.158. The number of alkyl halides is 1. The molecule has 1 nitrogen and oxygen atoms in total. The molecule has 1 aromatic rings. The fraction of sp³-hybridized carbons (Fsp3) is 0.600. The summed E-state index contributed by atoms with van der Waals surface area (Å²) in [6.07, 6.45) is 1.81. The summed E-state index contributed by atoms with van der Waals surface area (Å²) in [4.78, 5) is 0. The van der Waals surface area contributed by atoms with E-state index in [1.807, 2.05) is 6.92 Å². The number of nitrogens with two attached hydrogens (primary N) is 1. The smallest absolute Gasteiger partial charge is 0.127 e. The Morgan fingerprint density at radius 1 is 1.18 bits per heavy atom. The third kappa shape index (κ3) is 3.53. The zero-order valence-electron chi connectivity index (χ0n) is 11.4. The molecule has 17 heavy (non-hydrogen) atoms. The van der Waals surface area contributed by atoms with Crippen LogP contribution in [0.15, 0.2) is 12.1 Å². The van der Waals surface area contributed by atoms with Crippen molar-refractivity contribution in [3.8, 4) is 0 Å². The second-order valence-corrected chi connectivity index (χ2v) is 5.16. The molecule has 0 saturated carbocycles. The topological polar surface area (TPSA) is 26.0 Å². The summed E-state index contributed by atoms with van der Waals surface area (Å²) in [7, 11) is 0. The molecule has 0 bridgehead atoms. The van der Waals surface area contributed by atoms with Crippen LogP contribution in [0.3, 0.4) is 0 Å². The van der Waals surface area contributed by atoms with E-state index in [9.17, 15) is 4.39 Å². The number of hydrogen-bond acceptors (Lipinski definition) is 1. The van der Waals surface area contributed by atoms with E-state index in [-0.39, 0.29) is 6.54 Å². The molecule has 0 amide bonds. The molecule has 0 saturated heterocycles. The highest BCUT2D eigenvalue weighted by Gasteiger charge is 2.28. The first-order chi connectivity index (χ1) is 7.91. The Morgan fingerprint density at radius 2 is 1.71 bits per heavy atom. The summed E-state index contributed by atoms with van der Waals surface area (Å²) >= 11 is 0. The average molecular weight is 237 g/mol. The van der Waals surface area contributed by atoms with Crippen molar-refractivity contribution in [3.05, 3.63) is 34.4 Å². The van der Waals surface area contributed by atoms with Crippen molar-refractivity contribution < 1.29 is 4.39 Å². The predicted molar refractivity (Wildman–Crippen MR) is 72.2 cm³/mol. The molecular formula is C15H24FN. The van der Waals surface area contributed by atoms with E-state index >= 15 is 0 Å². The van der Waals surface area contributed by atoms with Crippen LogP contribution >= 0.6 is 0 Å². The van der Waals surface area contributed by atoms with Gasteiger partial charge in [0.15, 0.2) is 0 Å². The molecule has 1 atom stereocenters. The van der Waals surface area contributed by atoms with Gasteiger partial charge in [-0.3, -0.25) is 0 Å². The van der Waals surface area contributed by atoms with Crippen molar-refractivity contribution in [2.24, 2.45) is 5.73 Å². The average Bonchev–Trinajstić information content (AvgIpc) is 2.24. The minimum Gasteiger partial charge on any atom is -0.328 e. The lowest BCUT2D eigenvalue weighted by atomic mass is 9.87. The maximum atomic E-state index is 14.5. The molecule has 2 heteroatoms. The first kappa shape index (κ1) is 14.2. The van der Waals surface area contributed by atoms with Gasteiger partial charge in [0, 0.05) is 13.0 Å². The molecule has 0 aliphatic heterocycles. The molecule has 96 valence electrons. The molecule has 1 unspecified atom stereocenters. The van der Waals surface area contributed by atoms with E-state index in [0.717, 1.165) is 12.0 Å². The second-order valence-electron chi connectivity index (χ2n) is 5.16. The molecule has 0 aliphatic rings. The zero-order chi connectivity index (χ0) is 13.1. The maximum absolute atomic E-state index is 14.5. The highest BCUT2D eigenvalue weighted by molar-refractivity contribution is 5.38. The number of benzene rings is 1. The van der Waals surface area contributed by atoms with Gasteiger partial charge in [-0.15, -0.1) is 0 Å². The molecule has 0 fully saturated rings. The Hall–Kier alpha value is -0.890. The van der Waals surface area contributed by atoms with Gasteiger partial charge in [-0.05, 0) is 43.9 Å². The van der Waals surface area contributed by atoms with Crippen LogP contribution < -0.4 is 5.73 Å². The van der Waals surface area contributed by atoms with E-state index in [4.69, 9.17) is 5.73 Å². The number of aryl methyl sites for hydroxylation is 3. The van der Waals surface area contributed by atoms with E-state index in [1.165, 1.54) is 16.7 Å². The standard InChI is InChI=1S/C15H24FN/c1-5-6-15(16,10-17)9-14-12(3)7-11(2)8-13(14)4/h7-8H,5-6,9-10,17H2,1-4H3. The first-order valence-electron chi connectivity index (χ1n) is 6.37. The Labute approximate surface area is 104 Å². The Kier molecular flexibility index (Phi) is 4.70. The lowest BCUT2D eigenvalue weighted by Crippen LogP contribution is -2.35. The number of rotatable bonds is 5. The van der Waals surface area contributed by atoms with Gasteiger partial charge in [0.2, 0.25) is 0 Å². The molecule has 0 aromatic heterocycles. The summed E-state index contributed by atoms with van der Waals surface area (Å²) < 4.78 is 14.5. The normalized spacial score (nSPS) is 14.7. The van der Waals surface area contributed by atoms with Crippen molar-refractivity contribution >= 4 is 0 Å². The predicted octanol–water partition coefficient (Wildman–Crippen LogP) is 3.62. The molecule has 2 N–H and O–H groups in total. The van der Waals surface area contributed by atoms with Crippen molar-refractivity contribution in [3.63, 3.8) is 0 Å². The molecule has 0 aliphatic carbocycles. The third-order valence-corrected chi connectivity index (χ3v) is 3.40. The zero-order valence-corrected chi connectivity index (χ0v) is 11.4. The highest BCUT2D eigenvalue weighted by atomic mass is 19.1. The van der Waals surface area contributed by atoms with Crippen LogP contribution in [0.4, 0.5) is 4.39 Å². The molecule has 1 rings (SSSR count). The van der Waals surface area contributed by atoms with E-state index in [1.54, 1.807) is 0 Å². The summed E-state index contributed by atoms with van der Waals surface area (Å²) in [5, 5.41) is 0. The van der Waals surface area contributed by atoms with Gasteiger partial charge in [-0.25, -0.2) is 4.39 Å². The fourth-order valence-electron chi connectivity index (χ4n) is 2.52. The van der Waals surface area contributed by atoms with Crippen molar-refractivity contribution in [2.45, 2.75) is 52.6 Å². The summed E-state index contributed by atoms with van der Waals surface area (Å²) in [6.45, 7) is 8.28. The van der Waals surface area contributed by atoms with Crippen LogP contribution in [0.25, 0.3) is 0 Å². The van der Waals surface area contributed by atoms with Crippen LogP contribution in [-0.4, -0.2) is 12.2 Å². The van der Waals surface area contributed by atoms with Gasteiger partial charge in [0.05, 0.1) is 0 Å². The van der Waals surface area contributed by atoms with Crippen LogP contribution in [0.5, 0.6) is 0 Å². The summed E-state index contributed by atoms with van der Waals surface area (Å²) in [5.74, 6) is 0. The van der Waals surface area contributed by atoms with Gasteiger partial charge >= 0.3 is 0 Å². The Bertz CT molecular complexity index is 364. The van der Waals surface area contributed by atoms with Crippen LogP contribution in [0.1, 0.15) is 42.0 Å². The maximum Gasteiger partial charge on any atom is 0.127 e. The van der Waals surface area contributed by atoms with E-state index in [0.29, 0.717) is 12.8 Å². The van der Waals surface area contributed by atoms with Crippen LogP contribution in [0.2, 0.25) is 0 Å². The van der Waals surface area contributed by atoms with Gasteiger partial charge in [-0.2, -0.15) is 0 Å². The van der Waals surface area contributed by atoms with E-state index in [2.05, 4.69) is 32.9 Å². The SMILES string of the molecule is CCCC(F)(CN)Cc1c(C)cc(C)cc1C. The van der Waals surface area contributed by atoms with Gasteiger partial charge in [0.1, 0.15) is 5.67 Å². The third-order valence-electron chi connectivity index (χ3n) is 3.40. The minimum absolute atomic E-state index is 0.105. The van der Waals surface area contributed by atoms with Crippen molar-refractivity contribution in [2.75, 3.05) is 6.54 Å². The monoisotopic (exact) mass is 237 g/mol. The molecular weight excluding hydrogens is 213 g/mol. The molecule has 1 aromatic carbocycles. The van der Waals surface area contributed by atoms with Crippen LogP contribution in [-0.2, 0) is 6.42 Å². The van der Waals surface area contributed by atoms with Gasteiger partial charge in [-0.1, -0.05) is 31.0 Å². The van der Waals surface area contributed by atoms with Crippen molar-refractivity contribution in [1.29, 1.82) is 0 Å².